The van der Waals surface area contributed by atoms with E-state index in [1.165, 1.54) is 0 Å². The van der Waals surface area contributed by atoms with Gasteiger partial charge in [-0.1, -0.05) is 6.92 Å². The van der Waals surface area contributed by atoms with Crippen LogP contribution in [0.25, 0.3) is 0 Å². The number of amides is 3. The molecule has 0 aliphatic carbocycles. The van der Waals surface area contributed by atoms with Crippen molar-refractivity contribution < 1.29 is 29.0 Å². The number of carbonyl (C=O) groups excluding carboxylic acids is 2. The highest BCUT2D eigenvalue weighted by molar-refractivity contribution is 5.95. The van der Waals surface area contributed by atoms with Crippen molar-refractivity contribution in [2.75, 3.05) is 33.0 Å². The third-order valence-corrected chi connectivity index (χ3v) is 2.66. The second kappa shape index (κ2) is 7.70. The number of hydrogen-bond acceptors (Lipinski definition) is 5. The standard InChI is InChI=1S/C11H18N2O6/c1-2-8-5-18-4-3-13(8)11(17)12-9(14)6-19-7-10(15)16/h8H,2-7H2,1H3,(H,15,16)(H,12,14,17). The lowest BCUT2D eigenvalue weighted by Crippen LogP contribution is -2.53. The molecule has 0 spiro atoms. The molecule has 1 saturated heterocycles. The molecule has 3 amide bonds. The lowest BCUT2D eigenvalue weighted by atomic mass is 10.2. The van der Waals surface area contributed by atoms with Crippen LogP contribution in [0.5, 0.6) is 0 Å². The smallest absolute Gasteiger partial charge is 0.329 e. The van der Waals surface area contributed by atoms with Gasteiger partial charge in [-0.05, 0) is 6.42 Å². The number of hydrogen-bond donors (Lipinski definition) is 2. The van der Waals surface area contributed by atoms with Gasteiger partial charge < -0.3 is 19.5 Å². The van der Waals surface area contributed by atoms with Crippen LogP contribution in [-0.4, -0.2) is 66.9 Å². The van der Waals surface area contributed by atoms with Gasteiger partial charge in [0.15, 0.2) is 0 Å². The van der Waals surface area contributed by atoms with E-state index in [9.17, 15) is 14.4 Å². The van der Waals surface area contributed by atoms with Crippen LogP contribution in [0.15, 0.2) is 0 Å². The quantitative estimate of drug-likeness (QED) is 0.696. The van der Waals surface area contributed by atoms with E-state index in [1.54, 1.807) is 4.90 Å². The molecular weight excluding hydrogens is 256 g/mol. The maximum absolute atomic E-state index is 11.8. The van der Waals surface area contributed by atoms with E-state index >= 15 is 0 Å². The summed E-state index contributed by atoms with van der Waals surface area (Å²) in [6, 6.07) is -0.555. The average molecular weight is 274 g/mol. The third kappa shape index (κ3) is 5.23. The zero-order chi connectivity index (χ0) is 14.3. The molecule has 1 aliphatic heterocycles. The van der Waals surface area contributed by atoms with Gasteiger partial charge in [-0.2, -0.15) is 0 Å². The Hall–Kier alpha value is -1.67. The van der Waals surface area contributed by atoms with Gasteiger partial charge in [0.25, 0.3) is 5.91 Å². The summed E-state index contributed by atoms with van der Waals surface area (Å²) in [5.74, 6) is -1.83. The highest BCUT2D eigenvalue weighted by Crippen LogP contribution is 2.09. The van der Waals surface area contributed by atoms with Crippen molar-refractivity contribution in [3.8, 4) is 0 Å². The minimum absolute atomic E-state index is 0.0542. The van der Waals surface area contributed by atoms with Crippen molar-refractivity contribution in [2.24, 2.45) is 0 Å². The molecule has 2 N–H and O–H groups in total. The minimum Gasteiger partial charge on any atom is -0.480 e. The summed E-state index contributed by atoms with van der Waals surface area (Å²) >= 11 is 0. The second-order valence-electron chi connectivity index (χ2n) is 4.07. The fourth-order valence-electron chi connectivity index (χ4n) is 1.72. The Kier molecular flexibility index (Phi) is 6.23. The number of morpholine rings is 1. The predicted molar refractivity (Wildman–Crippen MR) is 63.6 cm³/mol. The van der Waals surface area contributed by atoms with E-state index in [2.05, 4.69) is 10.1 Å². The van der Waals surface area contributed by atoms with Crippen molar-refractivity contribution in [1.29, 1.82) is 0 Å². The molecule has 1 fully saturated rings. The van der Waals surface area contributed by atoms with Crippen LogP contribution >= 0.6 is 0 Å². The van der Waals surface area contributed by atoms with Crippen LogP contribution in [0.1, 0.15) is 13.3 Å². The Morgan fingerprint density at radius 1 is 1.42 bits per heavy atom. The van der Waals surface area contributed by atoms with Crippen molar-refractivity contribution >= 4 is 17.9 Å². The molecule has 0 aromatic heterocycles. The first-order valence-electron chi connectivity index (χ1n) is 6.02. The molecule has 108 valence electrons. The summed E-state index contributed by atoms with van der Waals surface area (Å²) in [5, 5.41) is 10.5. The Bertz CT molecular complexity index is 346. The Balaban J connectivity index is 2.36. The molecule has 1 heterocycles. The van der Waals surface area contributed by atoms with Crippen LogP contribution in [0.4, 0.5) is 4.79 Å². The molecule has 19 heavy (non-hydrogen) atoms. The van der Waals surface area contributed by atoms with Gasteiger partial charge in [0.1, 0.15) is 13.2 Å². The van der Waals surface area contributed by atoms with E-state index in [-0.39, 0.29) is 6.04 Å². The summed E-state index contributed by atoms with van der Waals surface area (Å²) in [6.07, 6.45) is 0.733. The molecule has 8 nitrogen and oxygen atoms in total. The molecule has 0 radical (unpaired) electrons. The summed E-state index contributed by atoms with van der Waals surface area (Å²) in [4.78, 5) is 34.9. The van der Waals surface area contributed by atoms with Gasteiger partial charge in [-0.25, -0.2) is 9.59 Å². The maximum Gasteiger partial charge on any atom is 0.329 e. The molecule has 0 saturated carbocycles. The van der Waals surface area contributed by atoms with E-state index in [0.717, 1.165) is 6.42 Å². The van der Waals surface area contributed by atoms with Crippen LogP contribution < -0.4 is 5.32 Å². The van der Waals surface area contributed by atoms with Gasteiger partial charge in [0, 0.05) is 6.54 Å². The van der Waals surface area contributed by atoms with Crippen LogP contribution in [0.2, 0.25) is 0 Å². The van der Waals surface area contributed by atoms with Crippen LogP contribution in [-0.2, 0) is 19.1 Å². The second-order valence-corrected chi connectivity index (χ2v) is 4.07. The first-order chi connectivity index (χ1) is 9.04. The molecule has 8 heteroatoms. The molecule has 0 bridgehead atoms. The van der Waals surface area contributed by atoms with Gasteiger partial charge in [0.05, 0.1) is 19.3 Å². The van der Waals surface area contributed by atoms with Crippen molar-refractivity contribution in [2.45, 2.75) is 19.4 Å². The monoisotopic (exact) mass is 274 g/mol. The number of carbonyl (C=O) groups is 3. The first-order valence-corrected chi connectivity index (χ1v) is 6.02. The Morgan fingerprint density at radius 2 is 2.16 bits per heavy atom. The number of nitrogens with zero attached hydrogens (tertiary/aromatic N) is 1. The lowest BCUT2D eigenvalue weighted by molar-refractivity contribution is -0.143. The predicted octanol–water partition coefficient (Wildman–Crippen LogP) is -0.565. The van der Waals surface area contributed by atoms with Crippen molar-refractivity contribution in [1.82, 2.24) is 10.2 Å². The highest BCUT2D eigenvalue weighted by Gasteiger charge is 2.26. The summed E-state index contributed by atoms with van der Waals surface area (Å²) < 4.78 is 9.84. The van der Waals surface area contributed by atoms with Crippen molar-refractivity contribution in [3.63, 3.8) is 0 Å². The molecule has 1 unspecified atom stereocenters. The number of imide groups is 1. The lowest BCUT2D eigenvalue weighted by Gasteiger charge is -2.34. The Morgan fingerprint density at radius 3 is 2.79 bits per heavy atom. The molecule has 0 aromatic carbocycles. The molecule has 1 rings (SSSR count). The molecular formula is C11H18N2O6. The topological polar surface area (TPSA) is 105 Å². The molecule has 1 atom stereocenters. The summed E-state index contributed by atoms with van der Waals surface area (Å²) in [5.41, 5.74) is 0. The van der Waals surface area contributed by atoms with Crippen LogP contribution in [0, 0.1) is 0 Å². The van der Waals surface area contributed by atoms with Crippen LogP contribution in [0.3, 0.4) is 0 Å². The average Bonchev–Trinajstić information content (AvgIpc) is 2.38. The number of carboxylic acids is 1. The fourth-order valence-corrected chi connectivity index (χ4v) is 1.72. The van der Waals surface area contributed by atoms with E-state index in [1.807, 2.05) is 6.92 Å². The van der Waals surface area contributed by atoms with Gasteiger partial charge >= 0.3 is 12.0 Å². The first kappa shape index (κ1) is 15.4. The zero-order valence-electron chi connectivity index (χ0n) is 10.8. The fraction of sp³-hybridized carbons (Fsp3) is 0.727. The summed E-state index contributed by atoms with van der Waals surface area (Å²) in [7, 11) is 0. The largest absolute Gasteiger partial charge is 0.480 e. The molecule has 1 aliphatic rings. The van der Waals surface area contributed by atoms with E-state index < -0.39 is 31.1 Å². The SMILES string of the molecule is CCC1COCCN1C(=O)NC(=O)COCC(=O)O. The van der Waals surface area contributed by atoms with Crippen molar-refractivity contribution in [3.05, 3.63) is 0 Å². The normalized spacial score (nSPS) is 19.0. The molecule has 0 aromatic rings. The van der Waals surface area contributed by atoms with E-state index in [4.69, 9.17) is 9.84 Å². The van der Waals surface area contributed by atoms with Gasteiger partial charge in [-0.15, -0.1) is 0 Å². The minimum atomic E-state index is -1.17. The Labute approximate surface area is 110 Å². The number of rotatable bonds is 5. The number of carboxylic acid groups (broad SMARTS) is 1. The zero-order valence-corrected chi connectivity index (χ0v) is 10.8. The summed E-state index contributed by atoms with van der Waals surface area (Å²) in [6.45, 7) is 2.21. The number of ether oxygens (including phenoxy) is 2. The maximum atomic E-state index is 11.8. The van der Waals surface area contributed by atoms with Gasteiger partial charge in [0.2, 0.25) is 0 Å². The number of aliphatic carboxylic acids is 1. The third-order valence-electron chi connectivity index (χ3n) is 2.66. The highest BCUT2D eigenvalue weighted by atomic mass is 16.5. The number of nitrogens with one attached hydrogen (secondary N) is 1. The number of urea groups is 1. The van der Waals surface area contributed by atoms with Gasteiger partial charge in [-0.3, -0.25) is 10.1 Å². The van der Waals surface area contributed by atoms with E-state index in [0.29, 0.717) is 19.8 Å².